The van der Waals surface area contributed by atoms with Crippen LogP contribution in [0.1, 0.15) is 36.2 Å². The second kappa shape index (κ2) is 6.15. The highest BCUT2D eigenvalue weighted by atomic mass is 32.1. The molecule has 3 atom stereocenters. The number of ether oxygens (including phenoxy) is 1. The highest BCUT2D eigenvalue weighted by Crippen LogP contribution is 2.34. The quantitative estimate of drug-likeness (QED) is 0.892. The SMILES string of the molecule is CCC(N)C(c1sccc1C)N1CCC(OC)C1. The Kier molecular flexibility index (Phi) is 4.78. The zero-order chi connectivity index (χ0) is 13.1. The summed E-state index contributed by atoms with van der Waals surface area (Å²) in [4.78, 5) is 3.93. The van der Waals surface area contributed by atoms with Gasteiger partial charge in [0.2, 0.25) is 0 Å². The Labute approximate surface area is 114 Å². The number of nitrogens with zero attached hydrogens (tertiary/aromatic N) is 1. The molecule has 0 aliphatic carbocycles. The van der Waals surface area contributed by atoms with Crippen LogP contribution in [0.2, 0.25) is 0 Å². The molecule has 18 heavy (non-hydrogen) atoms. The molecule has 0 bridgehead atoms. The molecule has 0 amide bonds. The second-order valence-corrected chi connectivity index (χ2v) is 6.07. The van der Waals surface area contributed by atoms with E-state index in [1.165, 1.54) is 10.4 Å². The largest absolute Gasteiger partial charge is 0.380 e. The van der Waals surface area contributed by atoms with E-state index in [4.69, 9.17) is 10.5 Å². The molecule has 3 nitrogen and oxygen atoms in total. The molecule has 1 saturated heterocycles. The third-order valence-corrected chi connectivity index (χ3v) is 5.04. The van der Waals surface area contributed by atoms with Crippen LogP contribution in [0.4, 0.5) is 0 Å². The number of thiophene rings is 1. The smallest absolute Gasteiger partial charge is 0.0710 e. The molecule has 2 rings (SSSR count). The lowest BCUT2D eigenvalue weighted by atomic mass is 10.0. The van der Waals surface area contributed by atoms with E-state index < -0.39 is 0 Å². The van der Waals surface area contributed by atoms with Gasteiger partial charge in [-0.2, -0.15) is 0 Å². The van der Waals surface area contributed by atoms with Crippen molar-refractivity contribution in [3.8, 4) is 0 Å². The molecule has 102 valence electrons. The van der Waals surface area contributed by atoms with Crippen LogP contribution >= 0.6 is 11.3 Å². The fraction of sp³-hybridized carbons (Fsp3) is 0.714. The first-order valence-electron chi connectivity index (χ1n) is 6.73. The minimum absolute atomic E-state index is 0.206. The molecular formula is C14H24N2OS. The van der Waals surface area contributed by atoms with Gasteiger partial charge in [0, 0.05) is 31.1 Å². The van der Waals surface area contributed by atoms with E-state index in [2.05, 4.69) is 30.2 Å². The van der Waals surface area contributed by atoms with Crippen molar-refractivity contribution in [2.45, 2.75) is 44.9 Å². The standard InChI is InChI=1S/C14H24N2OS/c1-4-12(15)13(14-10(2)6-8-18-14)16-7-5-11(9-16)17-3/h6,8,11-13H,4-5,7,9,15H2,1-3H3. The van der Waals surface area contributed by atoms with Gasteiger partial charge in [0.1, 0.15) is 0 Å². The van der Waals surface area contributed by atoms with Gasteiger partial charge in [-0.25, -0.2) is 0 Å². The van der Waals surface area contributed by atoms with Crippen LogP contribution in [0.5, 0.6) is 0 Å². The minimum Gasteiger partial charge on any atom is -0.380 e. The average molecular weight is 268 g/mol. The maximum Gasteiger partial charge on any atom is 0.0710 e. The van der Waals surface area contributed by atoms with Crippen LogP contribution in [0.25, 0.3) is 0 Å². The molecule has 1 aromatic rings. The van der Waals surface area contributed by atoms with E-state index in [0.717, 1.165) is 25.9 Å². The zero-order valence-corrected chi connectivity index (χ0v) is 12.4. The third-order valence-electron chi connectivity index (χ3n) is 3.95. The van der Waals surface area contributed by atoms with Crippen LogP contribution in [-0.4, -0.2) is 37.2 Å². The fourth-order valence-corrected chi connectivity index (χ4v) is 3.88. The van der Waals surface area contributed by atoms with Crippen LogP contribution in [0.15, 0.2) is 11.4 Å². The normalized spacial score (nSPS) is 24.3. The molecule has 3 unspecified atom stereocenters. The predicted octanol–water partition coefficient (Wildman–Crippen LogP) is 2.56. The number of nitrogens with two attached hydrogens (primary N) is 1. The molecule has 0 saturated carbocycles. The molecule has 1 fully saturated rings. The third kappa shape index (κ3) is 2.77. The minimum atomic E-state index is 0.206. The van der Waals surface area contributed by atoms with Crippen molar-refractivity contribution in [2.24, 2.45) is 5.73 Å². The Bertz CT molecular complexity index is 380. The highest BCUT2D eigenvalue weighted by molar-refractivity contribution is 7.10. The summed E-state index contributed by atoms with van der Waals surface area (Å²) in [5, 5.41) is 2.17. The van der Waals surface area contributed by atoms with Crippen molar-refractivity contribution < 1.29 is 4.74 Å². The van der Waals surface area contributed by atoms with E-state index in [-0.39, 0.29) is 6.04 Å². The van der Waals surface area contributed by atoms with Gasteiger partial charge in [0.15, 0.2) is 0 Å². The fourth-order valence-electron chi connectivity index (χ4n) is 2.74. The van der Waals surface area contributed by atoms with Gasteiger partial charge in [0.25, 0.3) is 0 Å². The molecule has 1 aromatic heterocycles. The van der Waals surface area contributed by atoms with Gasteiger partial charge in [-0.05, 0) is 36.8 Å². The maximum absolute atomic E-state index is 6.37. The van der Waals surface area contributed by atoms with Crippen molar-refractivity contribution in [3.05, 3.63) is 21.9 Å². The van der Waals surface area contributed by atoms with Crippen LogP contribution in [0.3, 0.4) is 0 Å². The molecule has 0 radical (unpaired) electrons. The Morgan fingerprint density at radius 2 is 2.39 bits per heavy atom. The lowest BCUT2D eigenvalue weighted by molar-refractivity contribution is 0.0975. The van der Waals surface area contributed by atoms with E-state index in [0.29, 0.717) is 12.1 Å². The van der Waals surface area contributed by atoms with Crippen LogP contribution in [0, 0.1) is 6.92 Å². The van der Waals surface area contributed by atoms with Gasteiger partial charge in [0.05, 0.1) is 12.1 Å². The van der Waals surface area contributed by atoms with Crippen molar-refractivity contribution in [2.75, 3.05) is 20.2 Å². The van der Waals surface area contributed by atoms with E-state index >= 15 is 0 Å². The van der Waals surface area contributed by atoms with Crippen molar-refractivity contribution in [1.82, 2.24) is 4.90 Å². The maximum atomic E-state index is 6.37. The summed E-state index contributed by atoms with van der Waals surface area (Å²) in [7, 11) is 1.80. The molecule has 2 heterocycles. The first kappa shape index (κ1) is 14.0. The van der Waals surface area contributed by atoms with E-state index in [1.54, 1.807) is 7.11 Å². The van der Waals surface area contributed by atoms with Crippen molar-refractivity contribution >= 4 is 11.3 Å². The predicted molar refractivity (Wildman–Crippen MR) is 77.1 cm³/mol. The van der Waals surface area contributed by atoms with Gasteiger partial charge >= 0.3 is 0 Å². The molecule has 1 aliphatic heterocycles. The molecule has 0 spiro atoms. The first-order chi connectivity index (χ1) is 8.67. The number of hydrogen-bond donors (Lipinski definition) is 1. The molecule has 4 heteroatoms. The monoisotopic (exact) mass is 268 g/mol. The second-order valence-electron chi connectivity index (χ2n) is 5.13. The summed E-state index contributed by atoms with van der Waals surface area (Å²) >= 11 is 1.83. The molecule has 2 N–H and O–H groups in total. The molecular weight excluding hydrogens is 244 g/mol. The zero-order valence-electron chi connectivity index (χ0n) is 11.6. The van der Waals surface area contributed by atoms with Crippen LogP contribution < -0.4 is 5.73 Å². The topological polar surface area (TPSA) is 38.5 Å². The van der Waals surface area contributed by atoms with Crippen molar-refractivity contribution in [1.29, 1.82) is 0 Å². The van der Waals surface area contributed by atoms with Gasteiger partial charge in [-0.3, -0.25) is 4.90 Å². The highest BCUT2D eigenvalue weighted by Gasteiger charge is 2.33. The Balaban J connectivity index is 2.19. The van der Waals surface area contributed by atoms with Crippen LogP contribution in [-0.2, 0) is 4.74 Å². The van der Waals surface area contributed by atoms with E-state index in [1.807, 2.05) is 11.3 Å². The summed E-state index contributed by atoms with van der Waals surface area (Å²) in [5.41, 5.74) is 7.74. The number of methoxy groups -OCH3 is 1. The summed E-state index contributed by atoms with van der Waals surface area (Å²) in [5.74, 6) is 0. The summed E-state index contributed by atoms with van der Waals surface area (Å²) < 4.78 is 5.47. The summed E-state index contributed by atoms with van der Waals surface area (Å²) in [6, 6.07) is 2.76. The van der Waals surface area contributed by atoms with Gasteiger partial charge in [-0.15, -0.1) is 11.3 Å². The number of hydrogen-bond acceptors (Lipinski definition) is 4. The van der Waals surface area contributed by atoms with Crippen molar-refractivity contribution in [3.63, 3.8) is 0 Å². The molecule has 1 aliphatic rings. The lowest BCUT2D eigenvalue weighted by Gasteiger charge is -2.32. The Hall–Kier alpha value is -0.420. The lowest BCUT2D eigenvalue weighted by Crippen LogP contribution is -2.40. The average Bonchev–Trinajstić information content (AvgIpc) is 3.00. The Morgan fingerprint density at radius 3 is 2.89 bits per heavy atom. The van der Waals surface area contributed by atoms with Gasteiger partial charge in [-0.1, -0.05) is 6.92 Å². The number of aryl methyl sites for hydroxylation is 1. The number of rotatable bonds is 5. The van der Waals surface area contributed by atoms with Gasteiger partial charge < -0.3 is 10.5 Å². The summed E-state index contributed by atoms with van der Waals surface area (Å²) in [6.07, 6.45) is 2.50. The molecule has 0 aromatic carbocycles. The summed E-state index contributed by atoms with van der Waals surface area (Å²) in [6.45, 7) is 6.45. The van der Waals surface area contributed by atoms with E-state index in [9.17, 15) is 0 Å². The number of likely N-dealkylation sites (tertiary alicyclic amines) is 1. The Morgan fingerprint density at radius 1 is 1.61 bits per heavy atom. The first-order valence-corrected chi connectivity index (χ1v) is 7.61.